The lowest BCUT2D eigenvalue weighted by molar-refractivity contribution is -0.140. The molecule has 220 valence electrons. The van der Waals surface area contributed by atoms with Crippen LogP contribution in [-0.4, -0.2) is 43.8 Å². The summed E-state index contributed by atoms with van der Waals surface area (Å²) < 4.78 is 28.9. The van der Waals surface area contributed by atoms with E-state index in [1.54, 1.807) is 12.1 Å². The third kappa shape index (κ3) is 8.24. The largest absolute Gasteiger partial charge is 0.352 e. The SMILES string of the molecule is CC[C@@H](C)NC(=O)[C@@H](CC)N(Cc1cccc(C)c1)C(=O)CN(c1ccc(Cl)c(Cl)c1)S(=O)(=O)c1ccc(C)cc1. The topological polar surface area (TPSA) is 86.8 Å². The minimum absolute atomic E-state index is 0.0220. The molecule has 1 N–H and O–H groups in total. The average Bonchev–Trinajstić information content (AvgIpc) is 2.93. The van der Waals surface area contributed by atoms with Crippen LogP contribution in [0.15, 0.2) is 71.6 Å². The summed E-state index contributed by atoms with van der Waals surface area (Å²) in [6.45, 7) is 9.08. The second kappa shape index (κ2) is 14.2. The number of nitrogens with zero attached hydrogens (tertiary/aromatic N) is 2. The van der Waals surface area contributed by atoms with E-state index >= 15 is 0 Å². The number of hydrogen-bond donors (Lipinski definition) is 1. The van der Waals surface area contributed by atoms with Crippen LogP contribution >= 0.6 is 23.2 Å². The Balaban J connectivity index is 2.09. The van der Waals surface area contributed by atoms with Crippen LogP contribution in [-0.2, 0) is 26.2 Å². The van der Waals surface area contributed by atoms with Gasteiger partial charge in [0.1, 0.15) is 12.6 Å². The van der Waals surface area contributed by atoms with Crippen LogP contribution in [0.4, 0.5) is 5.69 Å². The van der Waals surface area contributed by atoms with Crippen molar-refractivity contribution in [3.8, 4) is 0 Å². The van der Waals surface area contributed by atoms with Crippen LogP contribution < -0.4 is 9.62 Å². The first-order valence-corrected chi connectivity index (χ1v) is 15.8. The molecule has 0 aromatic heterocycles. The fourth-order valence-corrected chi connectivity index (χ4v) is 6.07. The van der Waals surface area contributed by atoms with Crippen molar-refractivity contribution in [1.82, 2.24) is 10.2 Å². The highest BCUT2D eigenvalue weighted by Crippen LogP contribution is 2.31. The molecule has 0 aliphatic rings. The van der Waals surface area contributed by atoms with Crippen LogP contribution in [0.3, 0.4) is 0 Å². The molecule has 0 spiro atoms. The van der Waals surface area contributed by atoms with Gasteiger partial charge >= 0.3 is 0 Å². The number of nitrogens with one attached hydrogen (secondary N) is 1. The smallest absolute Gasteiger partial charge is 0.264 e. The monoisotopic (exact) mass is 617 g/mol. The number of amides is 2. The van der Waals surface area contributed by atoms with Gasteiger partial charge in [-0.15, -0.1) is 0 Å². The van der Waals surface area contributed by atoms with E-state index in [1.807, 2.05) is 58.9 Å². The van der Waals surface area contributed by atoms with E-state index in [4.69, 9.17) is 23.2 Å². The zero-order valence-electron chi connectivity index (χ0n) is 24.0. The molecule has 2 amide bonds. The van der Waals surface area contributed by atoms with Gasteiger partial charge in [-0.25, -0.2) is 8.42 Å². The zero-order valence-corrected chi connectivity index (χ0v) is 26.4. The molecule has 0 aliphatic carbocycles. The minimum atomic E-state index is -4.20. The summed E-state index contributed by atoms with van der Waals surface area (Å²) in [5, 5.41) is 3.38. The van der Waals surface area contributed by atoms with E-state index in [9.17, 15) is 18.0 Å². The lowest BCUT2D eigenvalue weighted by Gasteiger charge is -2.34. The predicted molar refractivity (Wildman–Crippen MR) is 166 cm³/mol. The molecule has 10 heteroatoms. The van der Waals surface area contributed by atoms with Gasteiger partial charge in [-0.2, -0.15) is 0 Å². The fourth-order valence-electron chi connectivity index (χ4n) is 4.37. The van der Waals surface area contributed by atoms with Gasteiger partial charge in [0.15, 0.2) is 0 Å². The number of benzene rings is 3. The molecule has 0 radical (unpaired) electrons. The van der Waals surface area contributed by atoms with Crippen molar-refractivity contribution in [3.05, 3.63) is 93.5 Å². The van der Waals surface area contributed by atoms with Crippen molar-refractivity contribution >= 4 is 50.7 Å². The van der Waals surface area contributed by atoms with Crippen molar-refractivity contribution in [2.24, 2.45) is 0 Å². The molecule has 0 aliphatic heterocycles. The van der Waals surface area contributed by atoms with E-state index in [1.165, 1.54) is 35.2 Å². The van der Waals surface area contributed by atoms with Crippen LogP contribution in [0, 0.1) is 13.8 Å². The van der Waals surface area contributed by atoms with Crippen LogP contribution in [0.2, 0.25) is 10.0 Å². The summed E-state index contributed by atoms with van der Waals surface area (Å²) in [6, 6.07) is 17.6. The Morgan fingerprint density at radius 1 is 0.878 bits per heavy atom. The van der Waals surface area contributed by atoms with Crippen LogP contribution in [0.5, 0.6) is 0 Å². The molecule has 3 aromatic rings. The average molecular weight is 619 g/mol. The summed E-state index contributed by atoms with van der Waals surface area (Å²) >= 11 is 12.4. The van der Waals surface area contributed by atoms with Crippen molar-refractivity contribution in [1.29, 1.82) is 0 Å². The Hall–Kier alpha value is -3.07. The van der Waals surface area contributed by atoms with E-state index in [-0.39, 0.29) is 39.1 Å². The van der Waals surface area contributed by atoms with Gasteiger partial charge in [0.05, 0.1) is 20.6 Å². The molecule has 0 heterocycles. The zero-order chi connectivity index (χ0) is 30.3. The highest BCUT2D eigenvalue weighted by Gasteiger charge is 2.34. The maximum atomic E-state index is 14.1. The van der Waals surface area contributed by atoms with Crippen molar-refractivity contribution in [2.75, 3.05) is 10.8 Å². The minimum Gasteiger partial charge on any atom is -0.352 e. The van der Waals surface area contributed by atoms with Crippen molar-refractivity contribution in [3.63, 3.8) is 0 Å². The Morgan fingerprint density at radius 3 is 2.15 bits per heavy atom. The van der Waals surface area contributed by atoms with Gasteiger partial charge in [-0.3, -0.25) is 13.9 Å². The Morgan fingerprint density at radius 2 is 1.56 bits per heavy atom. The highest BCUT2D eigenvalue weighted by molar-refractivity contribution is 7.92. The molecule has 7 nitrogen and oxygen atoms in total. The van der Waals surface area contributed by atoms with Crippen molar-refractivity contribution < 1.29 is 18.0 Å². The number of sulfonamides is 1. The molecule has 3 aromatic carbocycles. The number of hydrogen-bond acceptors (Lipinski definition) is 4. The molecule has 0 saturated heterocycles. The Bertz CT molecular complexity index is 1480. The first kappa shape index (κ1) is 32.4. The number of rotatable bonds is 12. The van der Waals surface area contributed by atoms with Crippen LogP contribution in [0.25, 0.3) is 0 Å². The Kier molecular flexibility index (Phi) is 11.2. The van der Waals surface area contributed by atoms with E-state index in [2.05, 4.69) is 5.32 Å². The number of carbonyl (C=O) groups excluding carboxylic acids is 2. The molecule has 0 bridgehead atoms. The van der Waals surface area contributed by atoms with Gasteiger partial charge in [0.2, 0.25) is 11.8 Å². The standard InChI is InChI=1S/C31H37Cl2N3O4S/c1-6-23(5)34-31(38)29(7-2)35(19-24-10-8-9-22(4)17-24)30(37)20-36(25-13-16-27(32)28(33)18-25)41(39,40)26-14-11-21(3)12-15-26/h8-18,23,29H,6-7,19-20H2,1-5H3,(H,34,38)/t23-,29-/m1/s1. The summed E-state index contributed by atoms with van der Waals surface area (Å²) in [5.74, 6) is -0.815. The maximum Gasteiger partial charge on any atom is 0.264 e. The summed E-state index contributed by atoms with van der Waals surface area (Å²) in [6.07, 6.45) is 1.07. The lowest BCUT2D eigenvalue weighted by Crippen LogP contribution is -2.53. The van der Waals surface area contributed by atoms with Crippen LogP contribution in [0.1, 0.15) is 50.3 Å². The van der Waals surface area contributed by atoms with E-state index < -0.39 is 28.5 Å². The van der Waals surface area contributed by atoms with Gasteiger partial charge in [0, 0.05) is 12.6 Å². The third-order valence-corrected chi connectivity index (χ3v) is 9.43. The number of aryl methyl sites for hydroxylation is 2. The molecule has 0 unspecified atom stereocenters. The maximum absolute atomic E-state index is 14.1. The second-order valence-electron chi connectivity index (χ2n) is 10.2. The van der Waals surface area contributed by atoms with Gasteiger partial charge in [-0.1, -0.05) is 84.6 Å². The molecule has 2 atom stereocenters. The van der Waals surface area contributed by atoms with Crippen molar-refractivity contribution in [2.45, 2.75) is 71.0 Å². The molecular weight excluding hydrogens is 581 g/mol. The van der Waals surface area contributed by atoms with E-state index in [0.717, 1.165) is 27.4 Å². The quantitative estimate of drug-likeness (QED) is 0.250. The molecule has 0 saturated carbocycles. The number of carbonyl (C=O) groups is 2. The van der Waals surface area contributed by atoms with Gasteiger partial charge in [-0.05, 0) is 69.5 Å². The first-order valence-electron chi connectivity index (χ1n) is 13.6. The Labute approximate surface area is 253 Å². The second-order valence-corrected chi connectivity index (χ2v) is 12.9. The molecule has 3 rings (SSSR count). The predicted octanol–water partition coefficient (Wildman–Crippen LogP) is 6.53. The lowest BCUT2D eigenvalue weighted by atomic mass is 10.1. The number of anilines is 1. The first-order chi connectivity index (χ1) is 19.4. The fraction of sp³-hybridized carbons (Fsp3) is 0.355. The third-order valence-electron chi connectivity index (χ3n) is 6.90. The van der Waals surface area contributed by atoms with E-state index in [0.29, 0.717) is 6.42 Å². The molecular formula is C31H37Cl2N3O4S. The summed E-state index contributed by atoms with van der Waals surface area (Å²) in [5.41, 5.74) is 2.91. The highest BCUT2D eigenvalue weighted by atomic mass is 35.5. The number of halogens is 2. The van der Waals surface area contributed by atoms with Gasteiger partial charge in [0.25, 0.3) is 10.0 Å². The molecule has 41 heavy (non-hydrogen) atoms. The summed E-state index contributed by atoms with van der Waals surface area (Å²) in [4.78, 5) is 29.0. The molecule has 0 fully saturated rings. The van der Waals surface area contributed by atoms with Gasteiger partial charge < -0.3 is 10.2 Å². The summed E-state index contributed by atoms with van der Waals surface area (Å²) in [7, 11) is -4.20. The normalized spacial score (nSPS) is 12.9.